The van der Waals surface area contributed by atoms with Gasteiger partial charge in [-0.15, -0.1) is 0 Å². The zero-order chi connectivity index (χ0) is 20.2. The second-order valence-corrected chi connectivity index (χ2v) is 8.03. The van der Waals surface area contributed by atoms with Gasteiger partial charge in [-0.1, -0.05) is 35.5 Å². The first-order chi connectivity index (χ1) is 14.1. The van der Waals surface area contributed by atoms with Crippen molar-refractivity contribution in [3.63, 3.8) is 0 Å². The molecule has 6 nitrogen and oxygen atoms in total. The number of carbonyl (C=O) groups is 1. The summed E-state index contributed by atoms with van der Waals surface area (Å²) >= 11 is 3.56. The van der Waals surface area contributed by atoms with Crippen LogP contribution in [0.3, 0.4) is 0 Å². The lowest BCUT2D eigenvalue weighted by Gasteiger charge is -2.22. The molecule has 2 heterocycles. The number of hydrogen-bond donors (Lipinski definition) is 0. The van der Waals surface area contributed by atoms with Gasteiger partial charge in [0, 0.05) is 36.2 Å². The molecule has 1 amide bonds. The van der Waals surface area contributed by atoms with E-state index >= 15 is 0 Å². The molecule has 0 aliphatic carbocycles. The summed E-state index contributed by atoms with van der Waals surface area (Å²) in [6.07, 6.45) is 0.915. The monoisotopic (exact) mass is 454 g/mol. The van der Waals surface area contributed by atoms with Crippen molar-refractivity contribution in [3.8, 4) is 11.5 Å². The molecular formula is C22H23BrN4O2. The van der Waals surface area contributed by atoms with Crippen LogP contribution in [0.1, 0.15) is 28.2 Å². The Morgan fingerprint density at radius 2 is 1.90 bits per heavy atom. The predicted molar refractivity (Wildman–Crippen MR) is 114 cm³/mol. The highest BCUT2D eigenvalue weighted by molar-refractivity contribution is 9.10. The number of aryl methyl sites for hydroxylation is 1. The molecule has 150 valence electrons. The van der Waals surface area contributed by atoms with Gasteiger partial charge in [0.15, 0.2) is 5.82 Å². The topological polar surface area (TPSA) is 62.5 Å². The highest BCUT2D eigenvalue weighted by atomic mass is 79.9. The van der Waals surface area contributed by atoms with E-state index in [-0.39, 0.29) is 5.91 Å². The summed E-state index contributed by atoms with van der Waals surface area (Å²) in [5.41, 5.74) is 2.71. The van der Waals surface area contributed by atoms with E-state index in [9.17, 15) is 4.79 Å². The first-order valence-corrected chi connectivity index (χ1v) is 10.6. The molecule has 1 aromatic heterocycles. The molecule has 7 heteroatoms. The summed E-state index contributed by atoms with van der Waals surface area (Å²) in [7, 11) is 0. The molecule has 1 saturated heterocycles. The maximum absolute atomic E-state index is 13.0. The molecule has 29 heavy (non-hydrogen) atoms. The third kappa shape index (κ3) is 4.57. The van der Waals surface area contributed by atoms with Crippen molar-refractivity contribution >= 4 is 21.8 Å². The van der Waals surface area contributed by atoms with Crippen LogP contribution < -0.4 is 0 Å². The van der Waals surface area contributed by atoms with Crippen LogP contribution in [0, 0.1) is 6.92 Å². The molecule has 0 atom stereocenters. The Labute approximate surface area is 178 Å². The van der Waals surface area contributed by atoms with Crippen LogP contribution in [0.25, 0.3) is 11.5 Å². The Morgan fingerprint density at radius 3 is 2.72 bits per heavy atom. The van der Waals surface area contributed by atoms with Gasteiger partial charge >= 0.3 is 0 Å². The number of nitrogens with zero attached hydrogens (tertiary/aromatic N) is 4. The van der Waals surface area contributed by atoms with Crippen molar-refractivity contribution in [3.05, 3.63) is 70.0 Å². The summed E-state index contributed by atoms with van der Waals surface area (Å²) in [6, 6.07) is 15.6. The second-order valence-electron chi connectivity index (χ2n) is 7.24. The van der Waals surface area contributed by atoms with Crippen LogP contribution in [0.5, 0.6) is 0 Å². The highest BCUT2D eigenvalue weighted by Gasteiger charge is 2.23. The van der Waals surface area contributed by atoms with Gasteiger partial charge < -0.3 is 9.42 Å². The maximum Gasteiger partial charge on any atom is 0.257 e. The molecule has 1 fully saturated rings. The van der Waals surface area contributed by atoms with E-state index < -0.39 is 0 Å². The molecule has 1 aliphatic rings. The Bertz CT molecular complexity index is 989. The van der Waals surface area contributed by atoms with Crippen LogP contribution in [0.15, 0.2) is 57.5 Å². The van der Waals surface area contributed by atoms with Crippen molar-refractivity contribution in [1.82, 2.24) is 19.9 Å². The minimum absolute atomic E-state index is 0.0772. The number of rotatable bonds is 4. The van der Waals surface area contributed by atoms with Crippen LogP contribution in [0.2, 0.25) is 0 Å². The van der Waals surface area contributed by atoms with Crippen LogP contribution in [-0.2, 0) is 6.54 Å². The number of benzene rings is 2. The van der Waals surface area contributed by atoms with E-state index in [0.29, 0.717) is 24.8 Å². The van der Waals surface area contributed by atoms with Crippen molar-refractivity contribution in [2.75, 3.05) is 26.2 Å². The summed E-state index contributed by atoms with van der Waals surface area (Å²) < 4.78 is 6.29. The van der Waals surface area contributed by atoms with E-state index in [1.165, 1.54) is 0 Å². The standard InChI is InChI=1S/C22H23BrN4O2/c1-16-7-5-10-18(20(16)23)22(28)27-12-6-11-26(13-14-27)15-19-24-21(29-25-19)17-8-3-2-4-9-17/h2-5,7-10H,6,11-15H2,1H3. The Kier molecular flexibility index (Phi) is 6.06. The average Bonchev–Trinajstić information content (AvgIpc) is 3.08. The fraction of sp³-hybridized carbons (Fsp3) is 0.318. The Morgan fingerprint density at radius 1 is 1.07 bits per heavy atom. The molecule has 0 radical (unpaired) electrons. The second kappa shape index (κ2) is 8.88. The minimum atomic E-state index is 0.0772. The molecule has 3 aromatic rings. The van der Waals surface area contributed by atoms with Gasteiger partial charge in [0.1, 0.15) is 0 Å². The third-order valence-corrected chi connectivity index (χ3v) is 6.20. The molecule has 0 bridgehead atoms. The molecule has 1 aliphatic heterocycles. The average molecular weight is 455 g/mol. The smallest absolute Gasteiger partial charge is 0.257 e. The van der Waals surface area contributed by atoms with Crippen LogP contribution >= 0.6 is 15.9 Å². The minimum Gasteiger partial charge on any atom is -0.337 e. The van der Waals surface area contributed by atoms with Gasteiger partial charge in [0.25, 0.3) is 11.8 Å². The Balaban J connectivity index is 1.39. The van der Waals surface area contributed by atoms with Crippen LogP contribution in [0.4, 0.5) is 0 Å². The largest absolute Gasteiger partial charge is 0.337 e. The lowest BCUT2D eigenvalue weighted by molar-refractivity contribution is 0.0760. The fourth-order valence-electron chi connectivity index (χ4n) is 3.53. The molecular weight excluding hydrogens is 432 g/mol. The summed E-state index contributed by atoms with van der Waals surface area (Å²) in [5.74, 6) is 1.29. The number of amides is 1. The van der Waals surface area contributed by atoms with Gasteiger partial charge in [0.2, 0.25) is 0 Å². The lowest BCUT2D eigenvalue weighted by atomic mass is 10.1. The van der Waals surface area contributed by atoms with Gasteiger partial charge in [-0.05, 0) is 53.0 Å². The van der Waals surface area contributed by atoms with E-state index in [2.05, 4.69) is 31.0 Å². The molecule has 0 saturated carbocycles. The van der Waals surface area contributed by atoms with E-state index in [0.717, 1.165) is 47.2 Å². The Hall–Kier alpha value is -2.51. The first kappa shape index (κ1) is 19.8. The number of halogens is 1. The van der Waals surface area contributed by atoms with Crippen molar-refractivity contribution < 1.29 is 9.32 Å². The molecule has 2 aromatic carbocycles. The normalized spacial score (nSPS) is 15.3. The molecule has 0 N–H and O–H groups in total. The number of hydrogen-bond acceptors (Lipinski definition) is 5. The van der Waals surface area contributed by atoms with Gasteiger partial charge in [0.05, 0.1) is 12.1 Å². The van der Waals surface area contributed by atoms with E-state index in [1.54, 1.807) is 0 Å². The van der Waals surface area contributed by atoms with Crippen LogP contribution in [-0.4, -0.2) is 52.0 Å². The lowest BCUT2D eigenvalue weighted by Crippen LogP contribution is -2.35. The maximum atomic E-state index is 13.0. The summed E-state index contributed by atoms with van der Waals surface area (Å²) in [4.78, 5) is 21.7. The zero-order valence-electron chi connectivity index (χ0n) is 16.3. The number of aromatic nitrogens is 2. The van der Waals surface area contributed by atoms with Crippen molar-refractivity contribution in [1.29, 1.82) is 0 Å². The molecule has 0 spiro atoms. The molecule has 0 unspecified atom stereocenters. The van der Waals surface area contributed by atoms with Crippen molar-refractivity contribution in [2.24, 2.45) is 0 Å². The van der Waals surface area contributed by atoms with Crippen molar-refractivity contribution in [2.45, 2.75) is 19.9 Å². The predicted octanol–water partition coefficient (Wildman–Crippen LogP) is 4.16. The zero-order valence-corrected chi connectivity index (χ0v) is 17.9. The highest BCUT2D eigenvalue weighted by Crippen LogP contribution is 2.23. The van der Waals surface area contributed by atoms with Gasteiger partial charge in [-0.25, -0.2) is 0 Å². The van der Waals surface area contributed by atoms with Gasteiger partial charge in [-0.2, -0.15) is 4.98 Å². The summed E-state index contributed by atoms with van der Waals surface area (Å²) in [5, 5.41) is 4.13. The van der Waals surface area contributed by atoms with E-state index in [4.69, 9.17) is 4.52 Å². The summed E-state index contributed by atoms with van der Waals surface area (Å²) in [6.45, 7) is 5.73. The molecule has 4 rings (SSSR count). The SMILES string of the molecule is Cc1cccc(C(=O)N2CCCN(Cc3noc(-c4ccccc4)n3)CC2)c1Br. The fourth-order valence-corrected chi connectivity index (χ4v) is 3.97. The quantitative estimate of drug-likeness (QED) is 0.592. The first-order valence-electron chi connectivity index (χ1n) is 9.76. The van der Waals surface area contributed by atoms with Gasteiger partial charge in [-0.3, -0.25) is 9.69 Å². The third-order valence-electron chi connectivity index (χ3n) is 5.15. The van der Waals surface area contributed by atoms with E-state index in [1.807, 2.05) is 60.4 Å². The number of carbonyl (C=O) groups excluding carboxylic acids is 1.